The van der Waals surface area contributed by atoms with Gasteiger partial charge in [-0.05, 0) is 42.7 Å². The molecule has 2 amide bonds. The van der Waals surface area contributed by atoms with Crippen LogP contribution in [0.5, 0.6) is 11.5 Å². The Morgan fingerprint density at radius 2 is 1.75 bits per heavy atom. The number of ether oxygens (including phenoxy) is 3. The Morgan fingerprint density at radius 3 is 2.53 bits per heavy atom. The molecule has 32 heavy (non-hydrogen) atoms. The van der Waals surface area contributed by atoms with E-state index in [9.17, 15) is 14.4 Å². The number of aromatic amines is 1. The first-order valence-electron chi connectivity index (χ1n) is 10.0. The van der Waals surface area contributed by atoms with Crippen LogP contribution < -0.4 is 20.3 Å². The van der Waals surface area contributed by atoms with E-state index in [1.807, 2.05) is 30.5 Å². The highest BCUT2D eigenvalue weighted by Crippen LogP contribution is 2.27. The zero-order valence-electron chi connectivity index (χ0n) is 17.9. The van der Waals surface area contributed by atoms with Gasteiger partial charge in [0.1, 0.15) is 0 Å². The van der Waals surface area contributed by atoms with Crippen LogP contribution in [0.4, 0.5) is 0 Å². The third kappa shape index (κ3) is 5.78. The summed E-state index contributed by atoms with van der Waals surface area (Å²) in [6, 6.07) is 12.5. The van der Waals surface area contributed by atoms with E-state index in [1.54, 1.807) is 6.07 Å². The van der Waals surface area contributed by atoms with Gasteiger partial charge in [0.2, 0.25) is 0 Å². The highest BCUT2D eigenvalue weighted by Gasteiger charge is 2.13. The molecule has 0 fully saturated rings. The maximum absolute atomic E-state index is 12.2. The number of carbonyl (C=O) groups is 3. The molecule has 0 atom stereocenters. The van der Waals surface area contributed by atoms with Crippen LogP contribution in [-0.2, 0) is 20.7 Å². The molecular formula is C23H25N3O6. The van der Waals surface area contributed by atoms with Gasteiger partial charge in [0.05, 0.1) is 14.2 Å². The number of carbonyl (C=O) groups excluding carboxylic acids is 3. The van der Waals surface area contributed by atoms with Gasteiger partial charge in [0, 0.05) is 29.1 Å². The van der Waals surface area contributed by atoms with Gasteiger partial charge in [0.15, 0.2) is 18.1 Å². The van der Waals surface area contributed by atoms with Gasteiger partial charge in [-0.1, -0.05) is 18.2 Å². The van der Waals surface area contributed by atoms with Gasteiger partial charge in [-0.15, -0.1) is 0 Å². The van der Waals surface area contributed by atoms with Crippen LogP contribution in [0.1, 0.15) is 28.8 Å². The number of aryl methyl sites for hydroxylation is 1. The van der Waals surface area contributed by atoms with Crippen molar-refractivity contribution in [2.24, 2.45) is 0 Å². The molecule has 3 rings (SSSR count). The van der Waals surface area contributed by atoms with E-state index in [0.717, 1.165) is 16.5 Å². The lowest BCUT2D eigenvalue weighted by atomic mass is 10.1. The van der Waals surface area contributed by atoms with E-state index < -0.39 is 24.4 Å². The van der Waals surface area contributed by atoms with Crippen LogP contribution in [-0.4, -0.2) is 43.6 Å². The molecule has 9 nitrogen and oxygen atoms in total. The normalized spacial score (nSPS) is 10.4. The van der Waals surface area contributed by atoms with E-state index in [-0.39, 0.29) is 12.0 Å². The average molecular weight is 439 g/mol. The van der Waals surface area contributed by atoms with Crippen LogP contribution in [0.2, 0.25) is 0 Å². The van der Waals surface area contributed by atoms with Crippen molar-refractivity contribution >= 4 is 28.7 Å². The molecule has 0 radical (unpaired) electrons. The fraction of sp³-hybridized carbons (Fsp3) is 0.261. The lowest BCUT2D eigenvalue weighted by Gasteiger charge is -2.11. The molecule has 2 aromatic carbocycles. The highest BCUT2D eigenvalue weighted by molar-refractivity contribution is 5.96. The van der Waals surface area contributed by atoms with Gasteiger partial charge in [0.25, 0.3) is 11.8 Å². The molecular weight excluding hydrogens is 414 g/mol. The topological polar surface area (TPSA) is 119 Å². The Morgan fingerprint density at radius 1 is 0.969 bits per heavy atom. The van der Waals surface area contributed by atoms with Crippen molar-refractivity contribution in [1.29, 1.82) is 0 Å². The van der Waals surface area contributed by atoms with Gasteiger partial charge >= 0.3 is 5.97 Å². The number of nitrogens with one attached hydrogen (secondary N) is 3. The van der Waals surface area contributed by atoms with Crippen molar-refractivity contribution in [3.05, 3.63) is 59.8 Å². The molecule has 0 aliphatic heterocycles. The second-order valence-corrected chi connectivity index (χ2v) is 6.95. The monoisotopic (exact) mass is 439 g/mol. The molecule has 1 aromatic heterocycles. The second-order valence-electron chi connectivity index (χ2n) is 6.95. The van der Waals surface area contributed by atoms with Crippen molar-refractivity contribution in [2.45, 2.75) is 19.3 Å². The summed E-state index contributed by atoms with van der Waals surface area (Å²) in [4.78, 5) is 39.1. The van der Waals surface area contributed by atoms with E-state index in [1.165, 1.54) is 26.4 Å². The first kappa shape index (κ1) is 22.7. The Bertz CT molecular complexity index is 1110. The summed E-state index contributed by atoms with van der Waals surface area (Å²) >= 11 is 0. The number of fused-ring (bicyclic) bond motifs is 1. The highest BCUT2D eigenvalue weighted by atomic mass is 16.5. The zero-order chi connectivity index (χ0) is 22.9. The predicted octanol–water partition coefficient (Wildman–Crippen LogP) is 2.51. The Kier molecular flexibility index (Phi) is 7.69. The maximum Gasteiger partial charge on any atom is 0.306 e. The maximum atomic E-state index is 12.2. The lowest BCUT2D eigenvalue weighted by molar-refractivity contribution is -0.148. The number of aromatic nitrogens is 1. The molecule has 0 bridgehead atoms. The summed E-state index contributed by atoms with van der Waals surface area (Å²) in [6.45, 7) is -0.488. The first-order valence-corrected chi connectivity index (χ1v) is 10.0. The second kappa shape index (κ2) is 10.9. The number of hydrazine groups is 1. The molecule has 0 aliphatic carbocycles. The fourth-order valence-corrected chi connectivity index (χ4v) is 3.19. The van der Waals surface area contributed by atoms with Crippen molar-refractivity contribution in [1.82, 2.24) is 15.8 Å². The third-order valence-electron chi connectivity index (χ3n) is 4.83. The van der Waals surface area contributed by atoms with E-state index in [4.69, 9.17) is 14.2 Å². The number of benzene rings is 2. The number of hydrogen-bond acceptors (Lipinski definition) is 6. The number of methoxy groups -OCH3 is 2. The summed E-state index contributed by atoms with van der Waals surface area (Å²) in [5.41, 5.74) is 6.91. The minimum Gasteiger partial charge on any atom is -0.493 e. The summed E-state index contributed by atoms with van der Waals surface area (Å²) in [5, 5.41) is 1.13. The first-order chi connectivity index (χ1) is 15.5. The van der Waals surface area contributed by atoms with Crippen LogP contribution in [0, 0.1) is 0 Å². The van der Waals surface area contributed by atoms with Crippen molar-refractivity contribution in [2.75, 3.05) is 20.8 Å². The van der Waals surface area contributed by atoms with Crippen LogP contribution in [0.3, 0.4) is 0 Å². The molecule has 3 aromatic rings. The molecule has 0 spiro atoms. The van der Waals surface area contributed by atoms with Crippen LogP contribution >= 0.6 is 0 Å². The van der Waals surface area contributed by atoms with E-state index >= 15 is 0 Å². The fourth-order valence-electron chi connectivity index (χ4n) is 3.19. The SMILES string of the molecule is COc1ccc(C(=O)NNC(=O)COC(=O)CCCc2c[nH]c3ccccc23)cc1OC. The number of para-hydroxylation sites is 1. The molecule has 1 heterocycles. The zero-order valence-corrected chi connectivity index (χ0v) is 17.9. The summed E-state index contributed by atoms with van der Waals surface area (Å²) in [5.74, 6) is -0.822. The molecule has 9 heteroatoms. The molecule has 0 unspecified atom stereocenters. The van der Waals surface area contributed by atoms with Gasteiger partial charge in [-0.25, -0.2) is 0 Å². The van der Waals surface area contributed by atoms with Crippen molar-refractivity contribution in [3.63, 3.8) is 0 Å². The minimum absolute atomic E-state index is 0.185. The lowest BCUT2D eigenvalue weighted by Crippen LogP contribution is -2.43. The number of rotatable bonds is 9. The largest absolute Gasteiger partial charge is 0.493 e. The molecule has 168 valence electrons. The average Bonchev–Trinajstić information content (AvgIpc) is 3.23. The van der Waals surface area contributed by atoms with Crippen molar-refractivity contribution < 1.29 is 28.6 Å². The minimum atomic E-state index is -0.649. The van der Waals surface area contributed by atoms with Crippen LogP contribution in [0.25, 0.3) is 10.9 Å². The molecule has 0 saturated carbocycles. The Balaban J connectivity index is 1.37. The van der Waals surface area contributed by atoms with Gasteiger partial charge in [-0.3, -0.25) is 25.2 Å². The summed E-state index contributed by atoms with van der Waals surface area (Å²) in [6.07, 6.45) is 3.43. The van der Waals surface area contributed by atoms with Gasteiger partial charge < -0.3 is 19.2 Å². The van der Waals surface area contributed by atoms with Crippen LogP contribution in [0.15, 0.2) is 48.7 Å². The molecule has 3 N–H and O–H groups in total. The molecule has 0 saturated heterocycles. The smallest absolute Gasteiger partial charge is 0.306 e. The predicted molar refractivity (Wildman–Crippen MR) is 117 cm³/mol. The quantitative estimate of drug-likeness (QED) is 0.348. The number of amides is 2. The summed E-state index contributed by atoms with van der Waals surface area (Å²) in [7, 11) is 2.94. The van der Waals surface area contributed by atoms with Crippen molar-refractivity contribution in [3.8, 4) is 11.5 Å². The van der Waals surface area contributed by atoms with E-state index in [0.29, 0.717) is 24.3 Å². The third-order valence-corrected chi connectivity index (χ3v) is 4.83. The Labute approximate surface area is 185 Å². The number of esters is 1. The molecule has 0 aliphatic rings. The summed E-state index contributed by atoms with van der Waals surface area (Å²) < 4.78 is 15.2. The Hall–Kier alpha value is -4.01. The number of hydrogen-bond donors (Lipinski definition) is 3. The number of H-pyrrole nitrogens is 1. The van der Waals surface area contributed by atoms with E-state index in [2.05, 4.69) is 15.8 Å². The standard InChI is InChI=1S/C23H25N3O6/c1-30-19-11-10-15(12-20(19)31-2)23(29)26-25-21(27)14-32-22(28)9-5-6-16-13-24-18-8-4-3-7-17(16)18/h3-4,7-8,10-13,24H,5-6,9,14H2,1-2H3,(H,25,27)(H,26,29). The van der Waals surface area contributed by atoms with Gasteiger partial charge in [-0.2, -0.15) is 0 Å².